The van der Waals surface area contributed by atoms with Crippen LogP contribution in [0.1, 0.15) is 21.9 Å². The number of aromatic nitrogens is 2. The van der Waals surface area contributed by atoms with Crippen LogP contribution in [0.25, 0.3) is 0 Å². The largest absolute Gasteiger partial charge is 0.493 e. The molecule has 21 heavy (non-hydrogen) atoms. The molecular formula is C15H19N3O3. The second-order valence-electron chi connectivity index (χ2n) is 4.57. The molecule has 6 heteroatoms. The predicted molar refractivity (Wildman–Crippen MR) is 78.9 cm³/mol. The highest BCUT2D eigenvalue weighted by atomic mass is 16.5. The zero-order valence-electron chi connectivity index (χ0n) is 12.4. The predicted octanol–water partition coefficient (Wildman–Crippen LogP) is 1.71. The van der Waals surface area contributed by atoms with Gasteiger partial charge >= 0.3 is 0 Å². The van der Waals surface area contributed by atoms with E-state index in [0.717, 1.165) is 11.5 Å². The van der Waals surface area contributed by atoms with E-state index in [1.807, 2.05) is 6.92 Å². The van der Waals surface area contributed by atoms with Gasteiger partial charge < -0.3 is 19.8 Å². The molecule has 0 unspecified atom stereocenters. The molecule has 0 aliphatic rings. The Hall–Kier alpha value is -2.50. The number of amides is 1. The normalized spacial score (nSPS) is 10.2. The summed E-state index contributed by atoms with van der Waals surface area (Å²) in [5, 5.41) is 2.86. The number of H-pyrrole nitrogens is 1. The molecule has 0 radical (unpaired) electrons. The smallest absolute Gasteiger partial charge is 0.251 e. The maximum atomic E-state index is 12.1. The lowest BCUT2D eigenvalue weighted by Crippen LogP contribution is -2.25. The summed E-state index contributed by atoms with van der Waals surface area (Å²) in [6.07, 6.45) is 2.48. The minimum atomic E-state index is -0.146. The van der Waals surface area contributed by atoms with Crippen molar-refractivity contribution in [3.05, 3.63) is 41.5 Å². The third-order valence-electron chi connectivity index (χ3n) is 3.08. The first-order chi connectivity index (χ1) is 10.1. The fraction of sp³-hybridized carbons (Fsp3) is 0.333. The van der Waals surface area contributed by atoms with E-state index in [2.05, 4.69) is 15.3 Å². The lowest BCUT2D eigenvalue weighted by molar-refractivity contribution is 0.0953. The van der Waals surface area contributed by atoms with Gasteiger partial charge in [0.15, 0.2) is 11.5 Å². The van der Waals surface area contributed by atoms with E-state index in [1.54, 1.807) is 38.6 Å². The number of carbonyl (C=O) groups is 1. The first kappa shape index (κ1) is 14.9. The molecule has 6 nitrogen and oxygen atoms in total. The first-order valence-electron chi connectivity index (χ1n) is 6.64. The molecule has 0 atom stereocenters. The van der Waals surface area contributed by atoms with Gasteiger partial charge in [0.05, 0.1) is 14.2 Å². The number of benzene rings is 1. The average molecular weight is 289 g/mol. The minimum Gasteiger partial charge on any atom is -0.493 e. The van der Waals surface area contributed by atoms with Gasteiger partial charge in [-0.05, 0) is 25.1 Å². The van der Waals surface area contributed by atoms with Crippen LogP contribution in [-0.2, 0) is 6.42 Å². The van der Waals surface area contributed by atoms with Crippen LogP contribution in [0, 0.1) is 6.92 Å². The Balaban J connectivity index is 1.93. The summed E-state index contributed by atoms with van der Waals surface area (Å²) in [5.41, 5.74) is 1.54. The second-order valence-corrected chi connectivity index (χ2v) is 4.57. The van der Waals surface area contributed by atoms with Crippen LogP contribution in [0.4, 0.5) is 0 Å². The molecule has 0 bridgehead atoms. The zero-order chi connectivity index (χ0) is 15.2. The summed E-state index contributed by atoms with van der Waals surface area (Å²) in [7, 11) is 3.10. The summed E-state index contributed by atoms with van der Waals surface area (Å²) in [6.45, 7) is 2.43. The number of imidazole rings is 1. The maximum Gasteiger partial charge on any atom is 0.251 e. The molecule has 2 rings (SSSR count). The van der Waals surface area contributed by atoms with Gasteiger partial charge in [-0.2, -0.15) is 0 Å². The van der Waals surface area contributed by atoms with Crippen LogP contribution in [0.5, 0.6) is 11.5 Å². The Kier molecular flexibility index (Phi) is 4.81. The minimum absolute atomic E-state index is 0.146. The van der Waals surface area contributed by atoms with Gasteiger partial charge in [-0.1, -0.05) is 0 Å². The van der Waals surface area contributed by atoms with Crippen molar-refractivity contribution in [3.8, 4) is 11.5 Å². The summed E-state index contributed by atoms with van der Waals surface area (Å²) in [4.78, 5) is 19.3. The van der Waals surface area contributed by atoms with Crippen LogP contribution >= 0.6 is 0 Å². The van der Waals surface area contributed by atoms with E-state index in [0.29, 0.717) is 30.0 Å². The monoisotopic (exact) mass is 289 g/mol. The van der Waals surface area contributed by atoms with Crippen LogP contribution in [-0.4, -0.2) is 36.6 Å². The van der Waals surface area contributed by atoms with E-state index in [4.69, 9.17) is 9.47 Å². The number of aryl methyl sites for hydroxylation is 1. The van der Waals surface area contributed by atoms with Crippen molar-refractivity contribution in [1.29, 1.82) is 0 Å². The van der Waals surface area contributed by atoms with E-state index >= 15 is 0 Å². The molecule has 0 fully saturated rings. The fourth-order valence-corrected chi connectivity index (χ4v) is 1.99. The Morgan fingerprint density at radius 2 is 2.05 bits per heavy atom. The van der Waals surface area contributed by atoms with Crippen molar-refractivity contribution in [2.45, 2.75) is 13.3 Å². The molecule has 1 aromatic heterocycles. The van der Waals surface area contributed by atoms with Crippen LogP contribution in [0.15, 0.2) is 24.4 Å². The third-order valence-corrected chi connectivity index (χ3v) is 3.08. The topological polar surface area (TPSA) is 76.2 Å². The lowest BCUT2D eigenvalue weighted by Gasteiger charge is -2.09. The number of aromatic amines is 1. The van der Waals surface area contributed by atoms with Crippen LogP contribution < -0.4 is 14.8 Å². The van der Waals surface area contributed by atoms with Gasteiger partial charge in [-0.25, -0.2) is 4.98 Å². The average Bonchev–Trinajstić information content (AvgIpc) is 2.91. The third kappa shape index (κ3) is 3.75. The van der Waals surface area contributed by atoms with Crippen molar-refractivity contribution in [3.63, 3.8) is 0 Å². The molecule has 0 spiro atoms. The van der Waals surface area contributed by atoms with E-state index < -0.39 is 0 Å². The highest BCUT2D eigenvalue weighted by Gasteiger charge is 2.10. The van der Waals surface area contributed by atoms with Gasteiger partial charge in [-0.3, -0.25) is 4.79 Å². The standard InChI is InChI=1S/C15H19N3O3/c1-10-17-9-12(18-10)6-7-16-15(19)11-4-5-13(20-2)14(8-11)21-3/h4-5,8-9H,6-7H2,1-3H3,(H,16,19)(H,17,18). The Morgan fingerprint density at radius 3 is 2.67 bits per heavy atom. The second kappa shape index (κ2) is 6.78. The summed E-state index contributed by atoms with van der Waals surface area (Å²) in [5.74, 6) is 1.86. The molecule has 1 aromatic carbocycles. The molecule has 1 amide bonds. The Morgan fingerprint density at radius 1 is 1.29 bits per heavy atom. The van der Waals surface area contributed by atoms with E-state index in [9.17, 15) is 4.79 Å². The lowest BCUT2D eigenvalue weighted by atomic mass is 10.2. The molecule has 0 aliphatic heterocycles. The highest BCUT2D eigenvalue weighted by Crippen LogP contribution is 2.27. The van der Waals surface area contributed by atoms with Crippen molar-refractivity contribution in [2.24, 2.45) is 0 Å². The number of nitrogens with zero attached hydrogens (tertiary/aromatic N) is 1. The highest BCUT2D eigenvalue weighted by molar-refractivity contribution is 5.94. The molecule has 1 heterocycles. The number of hydrogen-bond donors (Lipinski definition) is 2. The van der Waals surface area contributed by atoms with Crippen molar-refractivity contribution >= 4 is 5.91 Å². The van der Waals surface area contributed by atoms with Gasteiger partial charge in [0.25, 0.3) is 5.91 Å². The molecule has 2 N–H and O–H groups in total. The van der Waals surface area contributed by atoms with Crippen LogP contribution in [0.3, 0.4) is 0 Å². The summed E-state index contributed by atoms with van der Waals surface area (Å²) in [6, 6.07) is 5.08. The molecular weight excluding hydrogens is 270 g/mol. The fourth-order valence-electron chi connectivity index (χ4n) is 1.99. The molecule has 0 saturated carbocycles. The quantitative estimate of drug-likeness (QED) is 0.848. The summed E-state index contributed by atoms with van der Waals surface area (Å²) >= 11 is 0. The Bertz CT molecular complexity index is 622. The molecule has 0 saturated heterocycles. The molecule has 2 aromatic rings. The van der Waals surface area contributed by atoms with Crippen molar-refractivity contribution < 1.29 is 14.3 Å². The number of carbonyl (C=O) groups excluding carboxylic acids is 1. The Labute approximate surface area is 123 Å². The number of methoxy groups -OCH3 is 2. The van der Waals surface area contributed by atoms with Gasteiger partial charge in [0.2, 0.25) is 0 Å². The number of nitrogens with one attached hydrogen (secondary N) is 2. The van der Waals surface area contributed by atoms with E-state index in [-0.39, 0.29) is 5.91 Å². The van der Waals surface area contributed by atoms with Gasteiger partial charge in [0, 0.05) is 30.4 Å². The molecule has 0 aliphatic carbocycles. The number of rotatable bonds is 6. The van der Waals surface area contributed by atoms with Crippen molar-refractivity contribution in [2.75, 3.05) is 20.8 Å². The first-order valence-corrected chi connectivity index (χ1v) is 6.64. The number of hydrogen-bond acceptors (Lipinski definition) is 4. The molecule has 112 valence electrons. The maximum absolute atomic E-state index is 12.1. The SMILES string of the molecule is COc1ccc(C(=O)NCCc2cnc(C)[nH]2)cc1OC. The van der Waals surface area contributed by atoms with E-state index in [1.165, 1.54) is 0 Å². The van der Waals surface area contributed by atoms with Crippen LogP contribution in [0.2, 0.25) is 0 Å². The van der Waals surface area contributed by atoms with Gasteiger partial charge in [-0.15, -0.1) is 0 Å². The van der Waals surface area contributed by atoms with Gasteiger partial charge in [0.1, 0.15) is 5.82 Å². The summed E-state index contributed by atoms with van der Waals surface area (Å²) < 4.78 is 10.3. The van der Waals surface area contributed by atoms with Crippen molar-refractivity contribution in [1.82, 2.24) is 15.3 Å². The zero-order valence-corrected chi connectivity index (χ0v) is 12.4. The number of ether oxygens (including phenoxy) is 2.